The molecule has 0 spiro atoms. The molecule has 0 amide bonds. The average Bonchev–Trinajstić information content (AvgIpc) is 2.46. The Bertz CT molecular complexity index is 419. The highest BCUT2D eigenvalue weighted by Gasteiger charge is 2.43. The molecule has 1 aromatic rings. The number of hydrogen-bond donors (Lipinski definition) is 0. The second kappa shape index (κ2) is 7.31. The van der Waals surface area contributed by atoms with Crippen LogP contribution in [0.15, 0.2) is 30.3 Å². The lowest BCUT2D eigenvalue weighted by Crippen LogP contribution is -2.49. The number of carbonyl (C=O) groups excluding carboxylic acids is 3. The normalized spacial score (nSPS) is 10.6. The fourth-order valence-electron chi connectivity index (χ4n) is 1.32. The number of aldehydes is 2. The highest BCUT2D eigenvalue weighted by molar-refractivity contribution is 6.12. The standard InChI is InChI=1S/C14H16O5/c1-2-3-9-18-13(17)14(10-15,11-16)19-12-7-5-4-6-8-12/h4-8,10-11H,2-3,9H2,1H3. The molecule has 102 valence electrons. The van der Waals surface area contributed by atoms with Gasteiger partial charge < -0.3 is 9.47 Å². The van der Waals surface area contributed by atoms with Crippen molar-refractivity contribution >= 4 is 18.5 Å². The SMILES string of the molecule is CCCCOC(=O)C(C=O)(C=O)Oc1ccccc1. The van der Waals surface area contributed by atoms with Crippen molar-refractivity contribution in [1.29, 1.82) is 0 Å². The minimum Gasteiger partial charge on any atom is -0.462 e. The topological polar surface area (TPSA) is 69.7 Å². The van der Waals surface area contributed by atoms with E-state index in [1.54, 1.807) is 30.3 Å². The Kier molecular flexibility index (Phi) is 5.73. The van der Waals surface area contributed by atoms with Gasteiger partial charge in [-0.15, -0.1) is 0 Å². The summed E-state index contributed by atoms with van der Waals surface area (Å²) in [5, 5.41) is 0. The van der Waals surface area contributed by atoms with Crippen LogP contribution in [0.1, 0.15) is 19.8 Å². The van der Waals surface area contributed by atoms with E-state index in [9.17, 15) is 14.4 Å². The van der Waals surface area contributed by atoms with Gasteiger partial charge >= 0.3 is 11.6 Å². The molecule has 0 aliphatic carbocycles. The second-order valence-corrected chi connectivity index (χ2v) is 3.93. The van der Waals surface area contributed by atoms with E-state index >= 15 is 0 Å². The molecule has 5 heteroatoms. The lowest BCUT2D eigenvalue weighted by molar-refractivity contribution is -0.164. The molecule has 0 saturated carbocycles. The van der Waals surface area contributed by atoms with E-state index < -0.39 is 11.6 Å². The first kappa shape index (κ1) is 14.9. The highest BCUT2D eigenvalue weighted by Crippen LogP contribution is 2.17. The maximum atomic E-state index is 11.8. The summed E-state index contributed by atoms with van der Waals surface area (Å²) in [6.07, 6.45) is 1.80. The number of rotatable bonds is 8. The first-order valence-electron chi connectivity index (χ1n) is 6.02. The van der Waals surface area contributed by atoms with Crippen LogP contribution in [0.25, 0.3) is 0 Å². The highest BCUT2D eigenvalue weighted by atomic mass is 16.6. The van der Waals surface area contributed by atoms with E-state index in [4.69, 9.17) is 9.47 Å². The van der Waals surface area contributed by atoms with Gasteiger partial charge in [0.05, 0.1) is 6.61 Å². The molecule has 0 atom stereocenters. The molecule has 0 fully saturated rings. The average molecular weight is 264 g/mol. The Balaban J connectivity index is 2.81. The van der Waals surface area contributed by atoms with E-state index in [2.05, 4.69) is 0 Å². The van der Waals surface area contributed by atoms with E-state index in [1.807, 2.05) is 6.92 Å². The van der Waals surface area contributed by atoms with Gasteiger partial charge in [-0.05, 0) is 18.6 Å². The van der Waals surface area contributed by atoms with Crippen molar-refractivity contribution in [2.45, 2.75) is 25.4 Å². The van der Waals surface area contributed by atoms with E-state index in [1.165, 1.54) is 0 Å². The molecule has 0 heterocycles. The number of unbranched alkanes of at least 4 members (excludes halogenated alkanes) is 1. The molecular weight excluding hydrogens is 248 g/mol. The van der Waals surface area contributed by atoms with Crippen LogP contribution in [0.5, 0.6) is 5.75 Å². The van der Waals surface area contributed by atoms with Crippen LogP contribution < -0.4 is 4.74 Å². The molecule has 0 radical (unpaired) electrons. The van der Waals surface area contributed by atoms with Crippen molar-refractivity contribution in [2.75, 3.05) is 6.61 Å². The van der Waals surface area contributed by atoms with Gasteiger partial charge in [0, 0.05) is 0 Å². The predicted octanol–water partition coefficient (Wildman–Crippen LogP) is 1.55. The summed E-state index contributed by atoms with van der Waals surface area (Å²) >= 11 is 0. The van der Waals surface area contributed by atoms with Crippen molar-refractivity contribution in [3.63, 3.8) is 0 Å². The van der Waals surface area contributed by atoms with Gasteiger partial charge in [-0.2, -0.15) is 0 Å². The summed E-state index contributed by atoms with van der Waals surface area (Å²) < 4.78 is 10.1. The van der Waals surface area contributed by atoms with Crippen LogP contribution in [-0.4, -0.2) is 30.7 Å². The zero-order valence-electron chi connectivity index (χ0n) is 10.7. The molecule has 5 nitrogen and oxygen atoms in total. The van der Waals surface area contributed by atoms with Gasteiger partial charge in [-0.25, -0.2) is 4.79 Å². The fourth-order valence-corrected chi connectivity index (χ4v) is 1.32. The maximum absolute atomic E-state index is 11.8. The van der Waals surface area contributed by atoms with Crippen LogP contribution >= 0.6 is 0 Å². The second-order valence-electron chi connectivity index (χ2n) is 3.93. The largest absolute Gasteiger partial charge is 0.462 e. The number of benzene rings is 1. The number of carbonyl (C=O) groups is 3. The van der Waals surface area contributed by atoms with Gasteiger partial charge in [0.2, 0.25) is 0 Å². The smallest absolute Gasteiger partial charge is 0.365 e. The van der Waals surface area contributed by atoms with Crippen LogP contribution in [0.3, 0.4) is 0 Å². The molecule has 0 N–H and O–H groups in total. The van der Waals surface area contributed by atoms with E-state index in [0.717, 1.165) is 6.42 Å². The van der Waals surface area contributed by atoms with Crippen molar-refractivity contribution in [2.24, 2.45) is 0 Å². The van der Waals surface area contributed by atoms with Gasteiger partial charge in [0.1, 0.15) is 5.75 Å². The third-order valence-corrected chi connectivity index (χ3v) is 2.43. The molecule has 1 aromatic carbocycles. The molecule has 0 aromatic heterocycles. The Morgan fingerprint density at radius 3 is 2.37 bits per heavy atom. The maximum Gasteiger partial charge on any atom is 0.365 e. The predicted molar refractivity (Wildman–Crippen MR) is 67.8 cm³/mol. The number of esters is 1. The molecule has 1 rings (SSSR count). The van der Waals surface area contributed by atoms with Crippen LogP contribution in [0.2, 0.25) is 0 Å². The van der Waals surface area contributed by atoms with Crippen molar-refractivity contribution in [1.82, 2.24) is 0 Å². The first-order valence-corrected chi connectivity index (χ1v) is 6.02. The van der Waals surface area contributed by atoms with Gasteiger partial charge in [-0.1, -0.05) is 31.5 Å². The van der Waals surface area contributed by atoms with Crippen LogP contribution in [0, 0.1) is 0 Å². The lowest BCUT2D eigenvalue weighted by atomic mass is 10.1. The molecule has 19 heavy (non-hydrogen) atoms. The van der Waals surface area contributed by atoms with Crippen LogP contribution in [-0.2, 0) is 19.1 Å². The molecule has 0 bridgehead atoms. The molecular formula is C14H16O5. The van der Waals surface area contributed by atoms with Crippen LogP contribution in [0.4, 0.5) is 0 Å². The minimum absolute atomic E-state index is 0.150. The van der Waals surface area contributed by atoms with Crippen molar-refractivity contribution in [3.05, 3.63) is 30.3 Å². The number of hydrogen-bond acceptors (Lipinski definition) is 5. The fraction of sp³-hybridized carbons (Fsp3) is 0.357. The summed E-state index contributed by atoms with van der Waals surface area (Å²) in [4.78, 5) is 34.0. The van der Waals surface area contributed by atoms with Gasteiger partial charge in [-0.3, -0.25) is 9.59 Å². The summed E-state index contributed by atoms with van der Waals surface area (Å²) in [5.74, 6) is -0.746. The first-order chi connectivity index (χ1) is 9.18. The quantitative estimate of drug-likeness (QED) is 0.308. The Hall–Kier alpha value is -2.17. The molecule has 0 unspecified atom stereocenters. The van der Waals surface area contributed by atoms with E-state index in [-0.39, 0.29) is 24.9 Å². The molecule has 0 saturated heterocycles. The summed E-state index contributed by atoms with van der Waals surface area (Å²) in [6, 6.07) is 8.16. The van der Waals surface area contributed by atoms with Crippen molar-refractivity contribution < 1.29 is 23.9 Å². The lowest BCUT2D eigenvalue weighted by Gasteiger charge is -2.21. The molecule has 0 aliphatic heterocycles. The number of ether oxygens (including phenoxy) is 2. The zero-order chi connectivity index (χ0) is 14.1. The third kappa shape index (κ3) is 3.91. The van der Waals surface area contributed by atoms with Gasteiger partial charge in [0.15, 0.2) is 12.6 Å². The summed E-state index contributed by atoms with van der Waals surface area (Å²) in [6.45, 7) is 2.08. The van der Waals surface area contributed by atoms with E-state index in [0.29, 0.717) is 6.42 Å². The monoisotopic (exact) mass is 264 g/mol. The Morgan fingerprint density at radius 2 is 1.84 bits per heavy atom. The zero-order valence-corrected chi connectivity index (χ0v) is 10.7. The summed E-state index contributed by atoms with van der Waals surface area (Å²) in [7, 11) is 0. The third-order valence-electron chi connectivity index (χ3n) is 2.43. The Labute approximate surface area is 111 Å². The summed E-state index contributed by atoms with van der Waals surface area (Å²) in [5.41, 5.74) is -2.23. The Morgan fingerprint density at radius 1 is 1.21 bits per heavy atom. The minimum atomic E-state index is -2.23. The number of para-hydroxylation sites is 1. The molecule has 0 aliphatic rings. The van der Waals surface area contributed by atoms with Crippen molar-refractivity contribution in [3.8, 4) is 5.75 Å². The van der Waals surface area contributed by atoms with Gasteiger partial charge in [0.25, 0.3) is 0 Å².